The molecule has 178 valence electrons. The lowest BCUT2D eigenvalue weighted by Gasteiger charge is -2.07. The third-order valence-corrected chi connectivity index (χ3v) is 8.32. The van der Waals surface area contributed by atoms with Crippen molar-refractivity contribution < 1.29 is 9.35 Å². The van der Waals surface area contributed by atoms with Crippen molar-refractivity contribution in [2.45, 2.75) is 13.8 Å². The van der Waals surface area contributed by atoms with E-state index in [0.29, 0.717) is 0 Å². The molecule has 6 rings (SSSR count). The lowest BCUT2D eigenvalue weighted by Crippen LogP contribution is -2.68. The summed E-state index contributed by atoms with van der Waals surface area (Å²) >= 11 is 1.86. The van der Waals surface area contributed by atoms with Crippen LogP contribution in [0.3, 0.4) is 0 Å². The summed E-state index contributed by atoms with van der Waals surface area (Å²) in [6, 6.07) is 30.2. The van der Waals surface area contributed by atoms with Gasteiger partial charge in [-0.25, -0.2) is 0 Å². The molecule has 0 spiro atoms. The van der Waals surface area contributed by atoms with Gasteiger partial charge in [0.2, 0.25) is 12.4 Å². The fraction of sp³-hybridized carbons (Fsp3) is 0.0588. The van der Waals surface area contributed by atoms with Gasteiger partial charge in [0.15, 0.2) is 0 Å². The van der Waals surface area contributed by atoms with Gasteiger partial charge in [0, 0.05) is 39.7 Å². The van der Waals surface area contributed by atoms with E-state index in [-0.39, 0.29) is 0 Å². The van der Waals surface area contributed by atoms with E-state index in [2.05, 4.69) is 134 Å². The molecule has 3 aromatic carbocycles. The summed E-state index contributed by atoms with van der Waals surface area (Å²) in [4.78, 5) is 0. The highest BCUT2D eigenvalue weighted by molar-refractivity contribution is 7.26. The molecule has 0 aliphatic heterocycles. The van der Waals surface area contributed by atoms with Crippen LogP contribution in [0.15, 0.2) is 110 Å². The summed E-state index contributed by atoms with van der Waals surface area (Å²) < 4.78 is 7.04. The van der Waals surface area contributed by atoms with Gasteiger partial charge < -0.3 is 0 Å². The van der Waals surface area contributed by atoms with E-state index in [4.69, 9.17) is 0 Å². The highest BCUT2D eigenvalue weighted by atomic mass is 32.1. The molecule has 37 heavy (non-hydrogen) atoms. The molecule has 0 N–H and O–H groups in total. The van der Waals surface area contributed by atoms with Crippen molar-refractivity contribution in [3.05, 3.63) is 133 Å². The van der Waals surface area contributed by atoms with Crippen molar-refractivity contribution in [2.75, 3.05) is 0 Å². The average Bonchev–Trinajstić information content (AvgIpc) is 3.29. The van der Waals surface area contributed by atoms with E-state index in [1.807, 2.05) is 23.5 Å². The van der Waals surface area contributed by atoms with E-state index < -0.39 is 0 Å². The zero-order valence-corrected chi connectivity index (χ0v) is 21.9. The summed E-state index contributed by atoms with van der Waals surface area (Å²) in [6.07, 6.45) is 8.13. The number of hydrogen-bond acceptors (Lipinski definition) is 1. The van der Waals surface area contributed by atoms with Crippen LogP contribution in [0.5, 0.6) is 0 Å². The Kier molecular flexibility index (Phi) is 5.78. The Morgan fingerprint density at radius 1 is 0.649 bits per heavy atom. The molecule has 2 nitrogen and oxygen atoms in total. The van der Waals surface area contributed by atoms with E-state index >= 15 is 0 Å². The van der Waals surface area contributed by atoms with Crippen LogP contribution in [0.1, 0.15) is 22.3 Å². The number of aromatic nitrogens is 2. The number of pyridine rings is 2. The minimum absolute atomic E-state index is 1.09. The fourth-order valence-corrected chi connectivity index (χ4v) is 6.46. The zero-order valence-electron chi connectivity index (χ0n) is 21.1. The molecule has 0 fully saturated rings. The molecule has 3 aromatic heterocycles. The Balaban J connectivity index is 1.68. The highest BCUT2D eigenvalue weighted by Crippen LogP contribution is 2.42. The summed E-state index contributed by atoms with van der Waals surface area (Å²) in [6.45, 7) is 12.6. The third-order valence-electron chi connectivity index (χ3n) is 7.13. The third kappa shape index (κ3) is 3.80. The zero-order chi connectivity index (χ0) is 25.5. The molecule has 0 saturated carbocycles. The Labute approximate surface area is 221 Å². The minimum atomic E-state index is 1.09. The van der Waals surface area contributed by atoms with E-state index in [1.165, 1.54) is 36.9 Å². The van der Waals surface area contributed by atoms with Gasteiger partial charge in [-0.2, -0.15) is 0 Å². The molecule has 0 atom stereocenters. The quantitative estimate of drug-likeness (QED) is 0.213. The van der Waals surface area contributed by atoms with Crippen LogP contribution >= 0.6 is 11.3 Å². The molecule has 3 heterocycles. The fourth-order valence-electron chi connectivity index (χ4n) is 5.11. The first-order valence-corrected chi connectivity index (χ1v) is 13.3. The lowest BCUT2D eigenvalue weighted by atomic mass is 9.99. The number of rotatable bonds is 5. The summed E-state index contributed by atoms with van der Waals surface area (Å²) in [5.41, 5.74) is 9.40. The minimum Gasteiger partial charge on any atom is -0.134 e. The van der Waals surface area contributed by atoms with Crippen LogP contribution in [-0.2, 0) is 0 Å². The normalized spacial score (nSPS) is 11.2. The van der Waals surface area contributed by atoms with Gasteiger partial charge in [-0.05, 0) is 66.4 Å². The molecule has 0 aliphatic rings. The predicted molar refractivity (Wildman–Crippen MR) is 157 cm³/mol. The van der Waals surface area contributed by atoms with Crippen molar-refractivity contribution in [2.24, 2.45) is 0 Å². The SMILES string of the molecule is C=Cc1ccccc1-c1cccc[n+]1-[n+]1ccccc1-c1c(C=C)ccc2c1sc1cc(C)c(C)cc12. The molecule has 3 heteroatoms. The predicted octanol–water partition coefficient (Wildman–Crippen LogP) is 8.18. The number of fused-ring (bicyclic) bond motifs is 3. The molecule has 0 saturated heterocycles. The summed E-state index contributed by atoms with van der Waals surface area (Å²) in [7, 11) is 0. The van der Waals surface area contributed by atoms with Crippen LogP contribution in [0.25, 0.3) is 54.8 Å². The maximum Gasteiger partial charge on any atom is 0.286 e. The van der Waals surface area contributed by atoms with Gasteiger partial charge in [0.05, 0.1) is 25.2 Å². The Morgan fingerprint density at radius 2 is 1.30 bits per heavy atom. The number of nitrogens with zero attached hydrogens (tertiary/aromatic N) is 2. The van der Waals surface area contributed by atoms with E-state index in [0.717, 1.165) is 28.1 Å². The van der Waals surface area contributed by atoms with Gasteiger partial charge >= 0.3 is 0 Å². The summed E-state index contributed by atoms with van der Waals surface area (Å²) in [5.74, 6) is 0. The molecule has 6 aromatic rings. The van der Waals surface area contributed by atoms with Crippen molar-refractivity contribution in [3.8, 4) is 22.5 Å². The molecule has 0 amide bonds. The molecule has 0 bridgehead atoms. The molecule has 0 unspecified atom stereocenters. The molecular formula is C34H28N2S+2. The molecule has 0 radical (unpaired) electrons. The smallest absolute Gasteiger partial charge is 0.134 e. The Bertz CT molecular complexity index is 1840. The van der Waals surface area contributed by atoms with Crippen molar-refractivity contribution in [3.63, 3.8) is 0 Å². The van der Waals surface area contributed by atoms with Crippen molar-refractivity contribution in [1.82, 2.24) is 0 Å². The number of hydrogen-bond donors (Lipinski definition) is 0. The Hall–Kier alpha value is -4.34. The van der Waals surface area contributed by atoms with Gasteiger partial charge in [-0.1, -0.05) is 55.6 Å². The van der Waals surface area contributed by atoms with Crippen molar-refractivity contribution in [1.29, 1.82) is 0 Å². The van der Waals surface area contributed by atoms with Gasteiger partial charge in [0.1, 0.15) is 0 Å². The second kappa shape index (κ2) is 9.27. The van der Waals surface area contributed by atoms with E-state index in [9.17, 15) is 0 Å². The molecule has 0 aliphatic carbocycles. The maximum absolute atomic E-state index is 4.17. The van der Waals surface area contributed by atoms with Gasteiger partial charge in [-0.3, -0.25) is 0 Å². The number of benzene rings is 3. The van der Waals surface area contributed by atoms with Gasteiger partial charge in [-0.15, -0.1) is 11.3 Å². The Morgan fingerprint density at radius 3 is 2.05 bits per heavy atom. The number of thiophene rings is 1. The van der Waals surface area contributed by atoms with Crippen LogP contribution in [0.2, 0.25) is 0 Å². The largest absolute Gasteiger partial charge is 0.286 e. The standard InChI is InChI=1S/C34H28N2S/c1-5-25-13-7-8-14-27(25)30-15-9-11-19-35(30)36-20-12-10-16-31(36)33-26(6-2)17-18-28-29-21-23(3)24(4)22-32(29)37-34(28)33/h5-22H,1-2H2,3-4H3/q+2. The first-order chi connectivity index (χ1) is 18.1. The van der Waals surface area contributed by atoms with Gasteiger partial charge in [0.25, 0.3) is 11.4 Å². The topological polar surface area (TPSA) is 7.76 Å². The van der Waals surface area contributed by atoms with Crippen LogP contribution in [-0.4, -0.2) is 0 Å². The first kappa shape index (κ1) is 23.1. The first-order valence-electron chi connectivity index (χ1n) is 12.4. The average molecular weight is 497 g/mol. The highest BCUT2D eigenvalue weighted by Gasteiger charge is 2.29. The monoisotopic (exact) mass is 496 g/mol. The van der Waals surface area contributed by atoms with Crippen LogP contribution in [0.4, 0.5) is 0 Å². The van der Waals surface area contributed by atoms with Crippen molar-refractivity contribution >= 4 is 43.7 Å². The van der Waals surface area contributed by atoms with E-state index in [1.54, 1.807) is 0 Å². The number of aryl methyl sites for hydroxylation is 2. The van der Waals surface area contributed by atoms with Crippen LogP contribution < -0.4 is 9.35 Å². The second-order valence-corrected chi connectivity index (χ2v) is 10.3. The van der Waals surface area contributed by atoms with Crippen LogP contribution in [0, 0.1) is 13.8 Å². The maximum atomic E-state index is 4.17. The second-order valence-electron chi connectivity index (χ2n) is 9.30. The molecular weight excluding hydrogens is 468 g/mol. The summed E-state index contributed by atoms with van der Waals surface area (Å²) in [5, 5.41) is 2.60. The lowest BCUT2D eigenvalue weighted by molar-refractivity contribution is -1.29.